The van der Waals surface area contributed by atoms with Gasteiger partial charge in [0, 0.05) is 11.6 Å². The zero-order valence-corrected chi connectivity index (χ0v) is 11.0. The topological polar surface area (TPSA) is 3.24 Å². The van der Waals surface area contributed by atoms with E-state index in [0.29, 0.717) is 0 Å². The van der Waals surface area contributed by atoms with Gasteiger partial charge in [0.25, 0.3) is 0 Å². The predicted molar refractivity (Wildman–Crippen MR) is 75.4 cm³/mol. The van der Waals surface area contributed by atoms with Gasteiger partial charge in [0.05, 0.1) is 0 Å². The van der Waals surface area contributed by atoms with E-state index in [2.05, 4.69) is 29.2 Å². The van der Waals surface area contributed by atoms with Gasteiger partial charge < -0.3 is 0 Å². The summed E-state index contributed by atoms with van der Waals surface area (Å²) in [5, 5.41) is 0.801. The molecule has 1 heterocycles. The van der Waals surface area contributed by atoms with Crippen molar-refractivity contribution in [3.8, 4) is 0 Å². The van der Waals surface area contributed by atoms with Crippen molar-refractivity contribution in [1.29, 1.82) is 0 Å². The quantitative estimate of drug-likeness (QED) is 0.775. The van der Waals surface area contributed by atoms with E-state index in [-0.39, 0.29) is 0 Å². The Morgan fingerprint density at radius 1 is 1.00 bits per heavy atom. The first kappa shape index (κ1) is 12.7. The van der Waals surface area contributed by atoms with Gasteiger partial charge in [0.1, 0.15) is 0 Å². The molecule has 2 rings (SSSR count). The molecule has 1 aromatic carbocycles. The minimum Gasteiger partial charge on any atom is -0.300 e. The van der Waals surface area contributed by atoms with Crippen LogP contribution in [0.3, 0.4) is 0 Å². The highest BCUT2D eigenvalue weighted by atomic mass is 35.5. The molecule has 1 fully saturated rings. The molecule has 0 radical (unpaired) electrons. The van der Waals surface area contributed by atoms with Crippen LogP contribution >= 0.6 is 11.6 Å². The van der Waals surface area contributed by atoms with Crippen molar-refractivity contribution in [3.05, 3.63) is 40.9 Å². The molecule has 1 saturated heterocycles. The monoisotopic (exact) mass is 249 g/mol. The average Bonchev–Trinajstić information content (AvgIpc) is 2.60. The van der Waals surface area contributed by atoms with Crippen LogP contribution in [0.1, 0.15) is 31.2 Å². The van der Waals surface area contributed by atoms with Crippen molar-refractivity contribution in [2.75, 3.05) is 19.6 Å². The van der Waals surface area contributed by atoms with Crippen molar-refractivity contribution in [2.45, 2.75) is 25.7 Å². The summed E-state index contributed by atoms with van der Waals surface area (Å²) < 4.78 is 0. The molecule has 1 aliphatic rings. The number of hydrogen-bond acceptors (Lipinski definition) is 1. The first-order valence-electron chi connectivity index (χ1n) is 6.49. The third kappa shape index (κ3) is 4.53. The van der Waals surface area contributed by atoms with Crippen LogP contribution in [-0.2, 0) is 0 Å². The van der Waals surface area contributed by atoms with Gasteiger partial charge >= 0.3 is 0 Å². The van der Waals surface area contributed by atoms with E-state index in [1.165, 1.54) is 44.3 Å². The van der Waals surface area contributed by atoms with E-state index in [0.717, 1.165) is 11.6 Å². The van der Waals surface area contributed by atoms with Gasteiger partial charge in [-0.3, -0.25) is 4.90 Å². The summed E-state index contributed by atoms with van der Waals surface area (Å²) in [5.74, 6) is 0. The molecule has 17 heavy (non-hydrogen) atoms. The lowest BCUT2D eigenvalue weighted by Crippen LogP contribution is -2.24. The van der Waals surface area contributed by atoms with Crippen molar-refractivity contribution in [2.24, 2.45) is 0 Å². The Balaban J connectivity index is 1.82. The lowest BCUT2D eigenvalue weighted by atomic mass is 10.2. The largest absolute Gasteiger partial charge is 0.300 e. The molecule has 0 atom stereocenters. The molecule has 0 amide bonds. The van der Waals surface area contributed by atoms with Gasteiger partial charge in [0.15, 0.2) is 0 Å². The van der Waals surface area contributed by atoms with E-state index in [9.17, 15) is 0 Å². The second-order valence-electron chi connectivity index (χ2n) is 4.67. The van der Waals surface area contributed by atoms with Crippen molar-refractivity contribution >= 4 is 17.7 Å². The highest BCUT2D eigenvalue weighted by Gasteiger charge is 2.06. The lowest BCUT2D eigenvalue weighted by molar-refractivity contribution is 0.316. The molecule has 0 N–H and O–H groups in total. The summed E-state index contributed by atoms with van der Waals surface area (Å²) >= 11 is 5.85. The Labute approximate surface area is 109 Å². The molecule has 92 valence electrons. The van der Waals surface area contributed by atoms with Gasteiger partial charge in [-0.1, -0.05) is 48.7 Å². The molecule has 0 aromatic heterocycles. The highest BCUT2D eigenvalue weighted by molar-refractivity contribution is 6.30. The number of halogens is 1. The molecule has 1 aromatic rings. The second kappa shape index (κ2) is 6.83. The SMILES string of the molecule is Clc1ccc(/C=C/CN2CCCCCC2)cc1. The number of benzene rings is 1. The summed E-state index contributed by atoms with van der Waals surface area (Å²) in [6, 6.07) is 7.99. The van der Waals surface area contributed by atoms with Crippen LogP contribution in [0.5, 0.6) is 0 Å². The van der Waals surface area contributed by atoms with Crippen LogP contribution in [-0.4, -0.2) is 24.5 Å². The standard InChI is InChI=1S/C15H20ClN/c16-15-9-7-14(8-10-15)6-5-13-17-11-3-1-2-4-12-17/h5-10H,1-4,11-13H2/b6-5+. The predicted octanol–water partition coefficient (Wildman–Crippen LogP) is 4.23. The van der Waals surface area contributed by atoms with Crippen LogP contribution in [0, 0.1) is 0 Å². The van der Waals surface area contributed by atoms with Crippen LogP contribution in [0.4, 0.5) is 0 Å². The second-order valence-corrected chi connectivity index (χ2v) is 5.11. The highest BCUT2D eigenvalue weighted by Crippen LogP contribution is 2.12. The molecule has 0 saturated carbocycles. The fourth-order valence-electron chi connectivity index (χ4n) is 2.23. The Morgan fingerprint density at radius 3 is 2.29 bits per heavy atom. The van der Waals surface area contributed by atoms with Crippen LogP contribution in [0.2, 0.25) is 5.02 Å². The van der Waals surface area contributed by atoms with Crippen molar-refractivity contribution < 1.29 is 0 Å². The summed E-state index contributed by atoms with van der Waals surface area (Å²) in [4.78, 5) is 2.54. The van der Waals surface area contributed by atoms with E-state index in [1.807, 2.05) is 12.1 Å². The molecule has 0 bridgehead atoms. The summed E-state index contributed by atoms with van der Waals surface area (Å²) in [5.41, 5.74) is 1.23. The molecular formula is C15H20ClN. The van der Waals surface area contributed by atoms with Crippen LogP contribution in [0.25, 0.3) is 6.08 Å². The molecular weight excluding hydrogens is 230 g/mol. The summed E-state index contributed by atoms with van der Waals surface area (Å²) in [6.07, 6.45) is 9.95. The zero-order valence-electron chi connectivity index (χ0n) is 10.2. The Hall–Kier alpha value is -0.790. The van der Waals surface area contributed by atoms with E-state index in [4.69, 9.17) is 11.6 Å². The van der Waals surface area contributed by atoms with Crippen LogP contribution < -0.4 is 0 Å². The molecule has 0 spiro atoms. The average molecular weight is 250 g/mol. The molecule has 0 unspecified atom stereocenters. The van der Waals surface area contributed by atoms with Gasteiger partial charge in [-0.2, -0.15) is 0 Å². The number of hydrogen-bond donors (Lipinski definition) is 0. The zero-order chi connectivity index (χ0) is 11.9. The van der Waals surface area contributed by atoms with E-state index < -0.39 is 0 Å². The van der Waals surface area contributed by atoms with Gasteiger partial charge in [-0.15, -0.1) is 0 Å². The van der Waals surface area contributed by atoms with Gasteiger partial charge in [-0.05, 0) is 43.6 Å². The maximum absolute atomic E-state index is 5.85. The fourth-order valence-corrected chi connectivity index (χ4v) is 2.36. The maximum atomic E-state index is 5.85. The van der Waals surface area contributed by atoms with E-state index >= 15 is 0 Å². The minimum atomic E-state index is 0.801. The Morgan fingerprint density at radius 2 is 1.65 bits per heavy atom. The fraction of sp³-hybridized carbons (Fsp3) is 0.467. The number of nitrogens with zero attached hydrogens (tertiary/aromatic N) is 1. The molecule has 2 heteroatoms. The first-order valence-corrected chi connectivity index (χ1v) is 6.87. The van der Waals surface area contributed by atoms with Crippen molar-refractivity contribution in [3.63, 3.8) is 0 Å². The van der Waals surface area contributed by atoms with Gasteiger partial charge in [0.2, 0.25) is 0 Å². The molecule has 1 nitrogen and oxygen atoms in total. The summed E-state index contributed by atoms with van der Waals surface area (Å²) in [7, 11) is 0. The van der Waals surface area contributed by atoms with Crippen LogP contribution in [0.15, 0.2) is 30.3 Å². The van der Waals surface area contributed by atoms with Crippen molar-refractivity contribution in [1.82, 2.24) is 4.90 Å². The van der Waals surface area contributed by atoms with E-state index in [1.54, 1.807) is 0 Å². The Kier molecular flexibility index (Phi) is 5.08. The first-order chi connectivity index (χ1) is 8.34. The maximum Gasteiger partial charge on any atom is 0.0406 e. The number of likely N-dealkylation sites (tertiary alicyclic amines) is 1. The Bertz CT molecular complexity index is 348. The van der Waals surface area contributed by atoms with Gasteiger partial charge in [-0.25, -0.2) is 0 Å². The number of rotatable bonds is 3. The summed E-state index contributed by atoms with van der Waals surface area (Å²) in [6.45, 7) is 3.58. The smallest absolute Gasteiger partial charge is 0.0406 e. The lowest BCUT2D eigenvalue weighted by Gasteiger charge is -2.16. The molecule has 1 aliphatic heterocycles. The third-order valence-electron chi connectivity index (χ3n) is 3.24. The minimum absolute atomic E-state index is 0.801. The third-order valence-corrected chi connectivity index (χ3v) is 3.49. The normalized spacial score (nSPS) is 18.4. The molecule has 0 aliphatic carbocycles.